The maximum absolute atomic E-state index is 4.75. The van der Waals surface area contributed by atoms with Gasteiger partial charge in [0.15, 0.2) is 0 Å². The highest BCUT2D eigenvalue weighted by atomic mass is 15.3. The lowest BCUT2D eigenvalue weighted by atomic mass is 10.1. The number of hydrogen-bond donors (Lipinski definition) is 1. The Labute approximate surface area is 139 Å². The van der Waals surface area contributed by atoms with Gasteiger partial charge < -0.3 is 10.2 Å². The third-order valence-corrected chi connectivity index (χ3v) is 4.45. The lowest BCUT2D eigenvalue weighted by Gasteiger charge is -2.21. The van der Waals surface area contributed by atoms with Gasteiger partial charge in [0.2, 0.25) is 5.95 Å². The molecule has 4 nitrogen and oxygen atoms in total. The molecular weight excluding hydrogens is 284 g/mol. The van der Waals surface area contributed by atoms with Crippen LogP contribution >= 0.6 is 0 Å². The molecule has 0 saturated carbocycles. The Morgan fingerprint density at radius 1 is 1.00 bits per heavy atom. The second-order valence-electron chi connectivity index (χ2n) is 6.38. The van der Waals surface area contributed by atoms with E-state index < -0.39 is 0 Å². The smallest absolute Gasteiger partial charge is 0.227 e. The molecule has 1 N–H and O–H groups in total. The molecule has 2 heterocycles. The first-order valence-corrected chi connectivity index (χ1v) is 8.61. The summed E-state index contributed by atoms with van der Waals surface area (Å²) >= 11 is 0. The van der Waals surface area contributed by atoms with Crippen molar-refractivity contribution in [2.75, 3.05) is 23.3 Å². The molecule has 1 saturated heterocycles. The zero-order valence-corrected chi connectivity index (χ0v) is 14.2. The van der Waals surface area contributed by atoms with Crippen molar-refractivity contribution < 1.29 is 0 Å². The van der Waals surface area contributed by atoms with Crippen LogP contribution in [0.2, 0.25) is 0 Å². The Morgan fingerprint density at radius 3 is 2.48 bits per heavy atom. The Bertz CT molecular complexity index is 646. The number of benzene rings is 1. The van der Waals surface area contributed by atoms with Crippen molar-refractivity contribution in [1.29, 1.82) is 0 Å². The van der Waals surface area contributed by atoms with Crippen LogP contribution in [0.1, 0.15) is 42.5 Å². The van der Waals surface area contributed by atoms with Gasteiger partial charge in [-0.25, -0.2) is 4.98 Å². The largest absolute Gasteiger partial charge is 0.366 e. The highest BCUT2D eigenvalue weighted by molar-refractivity contribution is 5.44. The summed E-state index contributed by atoms with van der Waals surface area (Å²) in [7, 11) is 0. The monoisotopic (exact) mass is 310 g/mol. The van der Waals surface area contributed by atoms with E-state index >= 15 is 0 Å². The van der Waals surface area contributed by atoms with Crippen LogP contribution in [0.3, 0.4) is 0 Å². The molecule has 1 aromatic heterocycles. The average molecular weight is 310 g/mol. The van der Waals surface area contributed by atoms with Crippen molar-refractivity contribution in [1.82, 2.24) is 9.97 Å². The van der Waals surface area contributed by atoms with Gasteiger partial charge in [0.25, 0.3) is 0 Å². The van der Waals surface area contributed by atoms with Crippen LogP contribution in [0.4, 0.5) is 11.8 Å². The zero-order valence-electron chi connectivity index (χ0n) is 14.2. The molecular formula is C19H26N4. The fourth-order valence-electron chi connectivity index (χ4n) is 3.05. The molecule has 0 aliphatic carbocycles. The third-order valence-electron chi connectivity index (χ3n) is 4.45. The second kappa shape index (κ2) is 7.44. The third kappa shape index (κ3) is 4.21. The van der Waals surface area contributed by atoms with Gasteiger partial charge in [0.05, 0.1) is 0 Å². The molecule has 23 heavy (non-hydrogen) atoms. The van der Waals surface area contributed by atoms with E-state index in [1.54, 1.807) is 0 Å². The van der Waals surface area contributed by atoms with Crippen LogP contribution in [-0.2, 0) is 6.54 Å². The van der Waals surface area contributed by atoms with Crippen molar-refractivity contribution in [2.45, 2.75) is 46.1 Å². The van der Waals surface area contributed by atoms with E-state index in [-0.39, 0.29) is 0 Å². The summed E-state index contributed by atoms with van der Waals surface area (Å²) in [6.45, 7) is 7.12. The van der Waals surface area contributed by atoms with Crippen LogP contribution in [0.25, 0.3) is 0 Å². The molecule has 4 heteroatoms. The summed E-state index contributed by atoms with van der Waals surface area (Å²) in [5.41, 5.74) is 3.63. The number of rotatable bonds is 4. The summed E-state index contributed by atoms with van der Waals surface area (Å²) in [5.74, 6) is 1.79. The van der Waals surface area contributed by atoms with E-state index in [2.05, 4.69) is 46.4 Å². The summed E-state index contributed by atoms with van der Waals surface area (Å²) in [4.78, 5) is 11.7. The molecule has 1 aliphatic heterocycles. The topological polar surface area (TPSA) is 41.1 Å². The Balaban J connectivity index is 1.73. The van der Waals surface area contributed by atoms with Crippen molar-refractivity contribution in [3.8, 4) is 0 Å². The molecule has 0 radical (unpaired) electrons. The molecule has 1 aromatic carbocycles. The summed E-state index contributed by atoms with van der Waals surface area (Å²) in [6, 6.07) is 10.5. The quantitative estimate of drug-likeness (QED) is 0.923. The summed E-state index contributed by atoms with van der Waals surface area (Å²) in [6.07, 6.45) is 5.12. The minimum absolute atomic E-state index is 0.794. The van der Waals surface area contributed by atoms with Gasteiger partial charge >= 0.3 is 0 Å². The number of nitrogens with one attached hydrogen (secondary N) is 1. The van der Waals surface area contributed by atoms with Gasteiger partial charge in [-0.2, -0.15) is 4.98 Å². The molecule has 0 spiro atoms. The van der Waals surface area contributed by atoms with Crippen molar-refractivity contribution in [3.05, 3.63) is 47.2 Å². The van der Waals surface area contributed by atoms with Crippen LogP contribution in [0.15, 0.2) is 30.3 Å². The minimum Gasteiger partial charge on any atom is -0.366 e. The van der Waals surface area contributed by atoms with Crippen LogP contribution < -0.4 is 10.2 Å². The van der Waals surface area contributed by atoms with Gasteiger partial charge in [0.1, 0.15) is 5.82 Å². The Kier molecular flexibility index (Phi) is 5.11. The van der Waals surface area contributed by atoms with E-state index in [0.29, 0.717) is 0 Å². The molecule has 122 valence electrons. The number of hydrogen-bond acceptors (Lipinski definition) is 4. The number of nitrogens with zero attached hydrogens (tertiary/aromatic N) is 3. The lowest BCUT2D eigenvalue weighted by Crippen LogP contribution is -2.26. The molecule has 0 amide bonds. The van der Waals surface area contributed by atoms with Crippen LogP contribution in [0, 0.1) is 13.8 Å². The maximum atomic E-state index is 4.75. The molecule has 1 aliphatic rings. The normalized spacial score (nSPS) is 15.3. The molecule has 0 atom stereocenters. The van der Waals surface area contributed by atoms with E-state index in [9.17, 15) is 0 Å². The predicted molar refractivity (Wildman–Crippen MR) is 96.0 cm³/mol. The van der Waals surface area contributed by atoms with Gasteiger partial charge in [-0.3, -0.25) is 0 Å². The SMILES string of the molecule is Cc1cc(NCc2ccccc2C)nc(N2CCCCCC2)n1. The average Bonchev–Trinajstić information content (AvgIpc) is 2.83. The highest BCUT2D eigenvalue weighted by Crippen LogP contribution is 2.19. The second-order valence-corrected chi connectivity index (χ2v) is 6.38. The maximum Gasteiger partial charge on any atom is 0.227 e. The van der Waals surface area contributed by atoms with E-state index in [4.69, 9.17) is 4.98 Å². The zero-order chi connectivity index (χ0) is 16.1. The van der Waals surface area contributed by atoms with Gasteiger partial charge in [-0.1, -0.05) is 37.1 Å². The van der Waals surface area contributed by atoms with E-state index in [1.807, 2.05) is 13.0 Å². The molecule has 0 bridgehead atoms. The number of anilines is 2. The van der Waals surface area contributed by atoms with Crippen molar-refractivity contribution >= 4 is 11.8 Å². The fourth-order valence-corrected chi connectivity index (χ4v) is 3.05. The highest BCUT2D eigenvalue weighted by Gasteiger charge is 2.13. The predicted octanol–water partition coefficient (Wildman–Crippen LogP) is 4.09. The summed E-state index contributed by atoms with van der Waals surface area (Å²) in [5, 5.41) is 3.46. The first-order valence-electron chi connectivity index (χ1n) is 8.61. The van der Waals surface area contributed by atoms with Crippen molar-refractivity contribution in [2.24, 2.45) is 0 Å². The molecule has 2 aromatic rings. The first-order chi connectivity index (χ1) is 11.2. The summed E-state index contributed by atoms with van der Waals surface area (Å²) < 4.78 is 0. The van der Waals surface area contributed by atoms with Crippen molar-refractivity contribution in [3.63, 3.8) is 0 Å². The van der Waals surface area contributed by atoms with E-state index in [0.717, 1.165) is 37.1 Å². The molecule has 1 fully saturated rings. The van der Waals surface area contributed by atoms with Gasteiger partial charge in [-0.15, -0.1) is 0 Å². The van der Waals surface area contributed by atoms with Gasteiger partial charge in [0, 0.05) is 31.4 Å². The minimum atomic E-state index is 0.794. The molecule has 3 rings (SSSR count). The lowest BCUT2D eigenvalue weighted by molar-refractivity contribution is 0.726. The fraction of sp³-hybridized carbons (Fsp3) is 0.474. The first kappa shape index (κ1) is 15.8. The number of aryl methyl sites for hydroxylation is 2. The Morgan fingerprint density at radius 2 is 1.74 bits per heavy atom. The van der Waals surface area contributed by atoms with Crippen LogP contribution in [-0.4, -0.2) is 23.1 Å². The molecule has 0 unspecified atom stereocenters. The van der Waals surface area contributed by atoms with E-state index in [1.165, 1.54) is 36.8 Å². The Hall–Kier alpha value is -2.10. The standard InChI is InChI=1S/C19H26N4/c1-15-9-5-6-10-17(15)14-20-18-13-16(2)21-19(22-18)23-11-7-3-4-8-12-23/h5-6,9-10,13H,3-4,7-8,11-12,14H2,1-2H3,(H,20,21,22). The van der Waals surface area contributed by atoms with Crippen LogP contribution in [0.5, 0.6) is 0 Å². The number of aromatic nitrogens is 2. The van der Waals surface area contributed by atoms with Gasteiger partial charge in [-0.05, 0) is 37.8 Å².